The minimum atomic E-state index is -3.09. The van der Waals surface area contributed by atoms with E-state index in [1.807, 2.05) is 6.07 Å². The van der Waals surface area contributed by atoms with E-state index in [1.165, 1.54) is 6.42 Å². The number of aromatic nitrogens is 2. The number of nitrogens with one attached hydrogen (secondary N) is 1. The summed E-state index contributed by atoms with van der Waals surface area (Å²) in [5, 5.41) is 3.30. The molecule has 2 aliphatic carbocycles. The second-order valence-electron chi connectivity index (χ2n) is 7.73. The van der Waals surface area contributed by atoms with Gasteiger partial charge in [-0.25, -0.2) is 22.7 Å². The Kier molecular flexibility index (Phi) is 4.24. The van der Waals surface area contributed by atoms with Gasteiger partial charge in [0.15, 0.2) is 0 Å². The van der Waals surface area contributed by atoms with Crippen LogP contribution in [0.4, 0.5) is 5.82 Å². The maximum atomic E-state index is 12.9. The minimum absolute atomic E-state index is 0.128. The first-order valence-electron chi connectivity index (χ1n) is 9.09. The molecule has 6 nitrogen and oxygen atoms in total. The Hall–Kier alpha value is -1.21. The van der Waals surface area contributed by atoms with Crippen molar-refractivity contribution in [3.63, 3.8) is 0 Å². The van der Waals surface area contributed by atoms with Crippen molar-refractivity contribution in [2.24, 2.45) is 5.41 Å². The zero-order valence-electron chi connectivity index (χ0n) is 14.0. The van der Waals surface area contributed by atoms with Gasteiger partial charge < -0.3 is 5.32 Å². The van der Waals surface area contributed by atoms with Crippen LogP contribution in [0.1, 0.15) is 51.4 Å². The molecule has 24 heavy (non-hydrogen) atoms. The van der Waals surface area contributed by atoms with Gasteiger partial charge in [0.2, 0.25) is 10.0 Å². The van der Waals surface area contributed by atoms with Crippen molar-refractivity contribution in [3.05, 3.63) is 18.6 Å². The van der Waals surface area contributed by atoms with Gasteiger partial charge in [0.05, 0.1) is 5.25 Å². The lowest BCUT2D eigenvalue weighted by Crippen LogP contribution is -2.48. The van der Waals surface area contributed by atoms with Crippen LogP contribution in [0, 0.1) is 5.41 Å². The lowest BCUT2D eigenvalue weighted by atomic mass is 9.65. The third-order valence-electron chi connectivity index (χ3n) is 6.03. The van der Waals surface area contributed by atoms with Crippen LogP contribution < -0.4 is 5.32 Å². The fourth-order valence-corrected chi connectivity index (χ4v) is 6.84. The summed E-state index contributed by atoms with van der Waals surface area (Å²) >= 11 is 0. The molecule has 2 saturated carbocycles. The van der Waals surface area contributed by atoms with Crippen molar-refractivity contribution < 1.29 is 8.42 Å². The van der Waals surface area contributed by atoms with Crippen LogP contribution in [0.15, 0.2) is 18.6 Å². The number of rotatable bonds is 4. The molecular weight excluding hydrogens is 324 g/mol. The van der Waals surface area contributed by atoms with Crippen molar-refractivity contribution in [2.75, 3.05) is 18.4 Å². The van der Waals surface area contributed by atoms with E-state index in [1.54, 1.807) is 16.8 Å². The Morgan fingerprint density at radius 3 is 2.71 bits per heavy atom. The van der Waals surface area contributed by atoms with E-state index in [9.17, 15) is 8.42 Å². The zero-order chi connectivity index (χ0) is 16.6. The lowest BCUT2D eigenvalue weighted by Gasteiger charge is -2.45. The summed E-state index contributed by atoms with van der Waals surface area (Å²) in [4.78, 5) is 8.13. The second-order valence-corrected chi connectivity index (χ2v) is 9.95. The Labute approximate surface area is 144 Å². The first-order valence-corrected chi connectivity index (χ1v) is 10.6. The molecule has 3 fully saturated rings. The Morgan fingerprint density at radius 1 is 1.21 bits per heavy atom. The van der Waals surface area contributed by atoms with Gasteiger partial charge in [-0.2, -0.15) is 0 Å². The van der Waals surface area contributed by atoms with Gasteiger partial charge >= 0.3 is 0 Å². The monoisotopic (exact) mass is 350 g/mol. The van der Waals surface area contributed by atoms with Crippen molar-refractivity contribution in [2.45, 2.75) is 62.7 Å². The molecule has 1 spiro atoms. The molecule has 132 valence electrons. The largest absolute Gasteiger partial charge is 0.367 e. The highest BCUT2D eigenvalue weighted by Crippen LogP contribution is 2.50. The molecule has 3 aliphatic rings. The van der Waals surface area contributed by atoms with Crippen LogP contribution in [0.3, 0.4) is 0 Å². The number of nitrogens with zero attached hydrogens (tertiary/aromatic N) is 3. The summed E-state index contributed by atoms with van der Waals surface area (Å²) in [6.45, 7) is 1.42. The van der Waals surface area contributed by atoms with Gasteiger partial charge in [-0.15, -0.1) is 0 Å². The maximum Gasteiger partial charge on any atom is 0.216 e. The molecular formula is C17H26N4O2S. The highest BCUT2D eigenvalue weighted by atomic mass is 32.2. The first kappa shape index (κ1) is 16.3. The van der Waals surface area contributed by atoms with E-state index in [4.69, 9.17) is 0 Å². The van der Waals surface area contributed by atoms with E-state index in [0.29, 0.717) is 19.1 Å². The molecule has 1 saturated heterocycles. The average molecular weight is 350 g/mol. The molecule has 0 bridgehead atoms. The average Bonchev–Trinajstić information content (AvgIpc) is 3.03. The van der Waals surface area contributed by atoms with Crippen LogP contribution in [0.2, 0.25) is 0 Å². The van der Waals surface area contributed by atoms with E-state index in [0.717, 1.165) is 50.8 Å². The highest BCUT2D eigenvalue weighted by molar-refractivity contribution is 7.89. The number of hydrogen-bond acceptors (Lipinski definition) is 5. The predicted octanol–water partition coefficient (Wildman–Crippen LogP) is 2.41. The van der Waals surface area contributed by atoms with Gasteiger partial charge in [0.25, 0.3) is 0 Å². The molecule has 0 unspecified atom stereocenters. The SMILES string of the molecule is O=S(=O)(C1CCCCC1)N1CCC2(CC(Nc3ccncn3)C2)C1. The summed E-state index contributed by atoms with van der Waals surface area (Å²) < 4.78 is 27.6. The third-order valence-corrected chi connectivity index (χ3v) is 8.37. The van der Waals surface area contributed by atoms with Crippen LogP contribution in [0.25, 0.3) is 0 Å². The summed E-state index contributed by atoms with van der Waals surface area (Å²) in [7, 11) is -3.09. The number of sulfonamides is 1. The maximum absolute atomic E-state index is 12.9. The molecule has 0 atom stereocenters. The molecule has 1 aromatic heterocycles. The van der Waals surface area contributed by atoms with Crippen LogP contribution >= 0.6 is 0 Å². The Balaban J connectivity index is 1.34. The van der Waals surface area contributed by atoms with E-state index < -0.39 is 10.0 Å². The second kappa shape index (κ2) is 6.26. The molecule has 0 radical (unpaired) electrons. The van der Waals surface area contributed by atoms with Crippen LogP contribution in [-0.4, -0.2) is 47.1 Å². The molecule has 0 amide bonds. The number of anilines is 1. The summed E-state index contributed by atoms with van der Waals surface area (Å²) in [5.41, 5.74) is 0.187. The van der Waals surface area contributed by atoms with Crippen molar-refractivity contribution in [1.82, 2.24) is 14.3 Å². The molecule has 1 aromatic rings. The van der Waals surface area contributed by atoms with E-state index in [2.05, 4.69) is 15.3 Å². The first-order chi connectivity index (χ1) is 11.6. The van der Waals surface area contributed by atoms with Gasteiger partial charge in [-0.1, -0.05) is 19.3 Å². The Morgan fingerprint density at radius 2 is 2.00 bits per heavy atom. The van der Waals surface area contributed by atoms with Gasteiger partial charge in [0.1, 0.15) is 12.1 Å². The van der Waals surface area contributed by atoms with Crippen molar-refractivity contribution >= 4 is 15.8 Å². The van der Waals surface area contributed by atoms with Crippen molar-refractivity contribution in [3.8, 4) is 0 Å². The van der Waals surface area contributed by atoms with Crippen LogP contribution in [-0.2, 0) is 10.0 Å². The molecule has 2 heterocycles. The zero-order valence-corrected chi connectivity index (χ0v) is 14.8. The van der Waals surface area contributed by atoms with Crippen LogP contribution in [0.5, 0.6) is 0 Å². The van der Waals surface area contributed by atoms with Gasteiger partial charge in [-0.05, 0) is 43.6 Å². The van der Waals surface area contributed by atoms with E-state index >= 15 is 0 Å². The molecule has 1 aliphatic heterocycles. The smallest absolute Gasteiger partial charge is 0.216 e. The minimum Gasteiger partial charge on any atom is -0.367 e. The normalized spacial score (nSPS) is 31.9. The van der Waals surface area contributed by atoms with Crippen molar-refractivity contribution in [1.29, 1.82) is 0 Å². The van der Waals surface area contributed by atoms with Gasteiger partial charge in [-0.3, -0.25) is 0 Å². The Bertz CT molecular complexity index is 667. The fraction of sp³-hybridized carbons (Fsp3) is 0.765. The lowest BCUT2D eigenvalue weighted by molar-refractivity contribution is 0.133. The standard InChI is InChI=1S/C17H26N4O2S/c22-24(23,15-4-2-1-3-5-15)21-9-7-17(12-21)10-14(11-17)20-16-6-8-18-13-19-16/h6,8,13-15H,1-5,7,9-12H2,(H,18,19,20). The fourth-order valence-electron chi connectivity index (χ4n) is 4.69. The molecule has 4 rings (SSSR count). The summed E-state index contributed by atoms with van der Waals surface area (Å²) in [6.07, 6.45) is 11.4. The third kappa shape index (κ3) is 3.04. The summed E-state index contributed by atoms with van der Waals surface area (Å²) in [6, 6.07) is 2.27. The topological polar surface area (TPSA) is 75.2 Å². The molecule has 7 heteroatoms. The molecule has 0 aromatic carbocycles. The van der Waals surface area contributed by atoms with E-state index in [-0.39, 0.29) is 10.7 Å². The quantitative estimate of drug-likeness (QED) is 0.902. The summed E-state index contributed by atoms with van der Waals surface area (Å²) in [5.74, 6) is 0.856. The van der Waals surface area contributed by atoms with Gasteiger partial charge in [0, 0.05) is 25.3 Å². The highest BCUT2D eigenvalue weighted by Gasteiger charge is 2.51. The molecule has 1 N–H and O–H groups in total. The predicted molar refractivity (Wildman–Crippen MR) is 93.1 cm³/mol. The number of hydrogen-bond donors (Lipinski definition) is 1.